The molecular formula is C12H17ClN2O2. The van der Waals surface area contributed by atoms with Crippen LogP contribution in [-0.4, -0.2) is 30.1 Å². The zero-order valence-electron chi connectivity index (χ0n) is 10.5. The summed E-state index contributed by atoms with van der Waals surface area (Å²) < 4.78 is 5.03. The van der Waals surface area contributed by atoms with Gasteiger partial charge in [0.15, 0.2) is 0 Å². The number of halogens is 1. The number of methoxy groups -OCH3 is 1. The molecule has 0 aliphatic heterocycles. The Bertz CT molecular complexity index is 419. The Morgan fingerprint density at radius 1 is 1.59 bits per heavy atom. The van der Waals surface area contributed by atoms with Crippen molar-refractivity contribution in [2.75, 3.05) is 13.7 Å². The molecule has 1 heterocycles. The number of ether oxygens (including phenoxy) is 1. The molecular weight excluding hydrogens is 240 g/mol. The standard InChI is InChI=1S/C12H17ClN2O2/c1-8-5-10(13)9(6-14-8)11(16)15-12(2,3)7-17-4/h5-6H,7H2,1-4H3,(H,15,16). The third-order valence-corrected chi connectivity index (χ3v) is 2.50. The monoisotopic (exact) mass is 256 g/mol. The van der Waals surface area contributed by atoms with Crippen molar-refractivity contribution in [1.29, 1.82) is 0 Å². The van der Waals surface area contributed by atoms with E-state index in [0.29, 0.717) is 17.2 Å². The minimum Gasteiger partial charge on any atom is -0.382 e. The van der Waals surface area contributed by atoms with E-state index >= 15 is 0 Å². The van der Waals surface area contributed by atoms with E-state index < -0.39 is 5.54 Å². The van der Waals surface area contributed by atoms with Crippen LogP contribution in [0.25, 0.3) is 0 Å². The number of carbonyl (C=O) groups excluding carboxylic acids is 1. The molecule has 0 spiro atoms. The number of pyridine rings is 1. The lowest BCUT2D eigenvalue weighted by atomic mass is 10.1. The van der Waals surface area contributed by atoms with Crippen molar-refractivity contribution < 1.29 is 9.53 Å². The molecule has 0 fully saturated rings. The van der Waals surface area contributed by atoms with Gasteiger partial charge in [-0.25, -0.2) is 0 Å². The van der Waals surface area contributed by atoms with Crippen LogP contribution in [-0.2, 0) is 4.74 Å². The third-order valence-electron chi connectivity index (χ3n) is 2.19. The van der Waals surface area contributed by atoms with Gasteiger partial charge in [0, 0.05) is 19.0 Å². The van der Waals surface area contributed by atoms with Crippen molar-refractivity contribution in [3.63, 3.8) is 0 Å². The molecule has 4 nitrogen and oxygen atoms in total. The van der Waals surface area contributed by atoms with Crippen molar-refractivity contribution in [3.05, 3.63) is 28.5 Å². The molecule has 1 aromatic heterocycles. The third kappa shape index (κ3) is 3.98. The second-order valence-corrected chi connectivity index (χ2v) is 4.98. The molecule has 0 radical (unpaired) electrons. The minimum absolute atomic E-state index is 0.246. The van der Waals surface area contributed by atoms with E-state index in [9.17, 15) is 4.79 Å². The first kappa shape index (κ1) is 13.9. The highest BCUT2D eigenvalue weighted by Crippen LogP contribution is 2.16. The van der Waals surface area contributed by atoms with Gasteiger partial charge in [-0.15, -0.1) is 0 Å². The first-order valence-electron chi connectivity index (χ1n) is 5.29. The number of rotatable bonds is 4. The van der Waals surface area contributed by atoms with Crippen molar-refractivity contribution in [2.24, 2.45) is 0 Å². The summed E-state index contributed by atoms with van der Waals surface area (Å²) in [6.45, 7) is 6.01. The number of amides is 1. The van der Waals surface area contributed by atoms with Gasteiger partial charge in [0.2, 0.25) is 0 Å². The lowest BCUT2D eigenvalue weighted by Gasteiger charge is -2.25. The lowest BCUT2D eigenvalue weighted by Crippen LogP contribution is -2.46. The highest BCUT2D eigenvalue weighted by molar-refractivity contribution is 6.33. The van der Waals surface area contributed by atoms with Crippen LogP contribution in [0.1, 0.15) is 29.9 Å². The van der Waals surface area contributed by atoms with E-state index in [1.807, 2.05) is 20.8 Å². The minimum atomic E-state index is -0.444. The number of hydrogen-bond acceptors (Lipinski definition) is 3. The smallest absolute Gasteiger partial charge is 0.254 e. The summed E-state index contributed by atoms with van der Waals surface area (Å²) in [6, 6.07) is 1.67. The van der Waals surface area contributed by atoms with Gasteiger partial charge < -0.3 is 10.1 Å². The van der Waals surface area contributed by atoms with E-state index in [4.69, 9.17) is 16.3 Å². The zero-order chi connectivity index (χ0) is 13.1. The van der Waals surface area contributed by atoms with Crippen LogP contribution in [0.5, 0.6) is 0 Å². The first-order chi connectivity index (χ1) is 7.85. The Morgan fingerprint density at radius 2 is 2.24 bits per heavy atom. The van der Waals surface area contributed by atoms with Crippen LogP contribution in [0.2, 0.25) is 5.02 Å². The molecule has 1 N–H and O–H groups in total. The maximum atomic E-state index is 12.0. The molecule has 94 valence electrons. The van der Waals surface area contributed by atoms with Gasteiger partial charge in [0.05, 0.1) is 22.7 Å². The van der Waals surface area contributed by atoms with Crippen LogP contribution in [0.4, 0.5) is 0 Å². The summed E-state index contributed by atoms with van der Waals surface area (Å²) in [6.07, 6.45) is 1.48. The average Bonchev–Trinajstić information content (AvgIpc) is 2.15. The van der Waals surface area contributed by atoms with Crippen molar-refractivity contribution in [1.82, 2.24) is 10.3 Å². The molecule has 0 unspecified atom stereocenters. The van der Waals surface area contributed by atoms with E-state index in [0.717, 1.165) is 5.69 Å². The fraction of sp³-hybridized carbons (Fsp3) is 0.500. The molecule has 0 saturated heterocycles. The predicted octanol–water partition coefficient (Wildman–Crippen LogP) is 2.20. The van der Waals surface area contributed by atoms with E-state index in [1.165, 1.54) is 6.20 Å². The number of aromatic nitrogens is 1. The van der Waals surface area contributed by atoms with Gasteiger partial charge in [0.25, 0.3) is 5.91 Å². The maximum absolute atomic E-state index is 12.0. The van der Waals surface area contributed by atoms with Gasteiger partial charge in [-0.1, -0.05) is 11.6 Å². The second-order valence-electron chi connectivity index (χ2n) is 4.58. The highest BCUT2D eigenvalue weighted by Gasteiger charge is 2.22. The Balaban J connectivity index is 2.83. The normalized spacial score (nSPS) is 11.4. The Hall–Kier alpha value is -1.13. The summed E-state index contributed by atoms with van der Waals surface area (Å²) in [7, 11) is 1.59. The average molecular weight is 257 g/mol. The first-order valence-corrected chi connectivity index (χ1v) is 5.67. The summed E-state index contributed by atoms with van der Waals surface area (Å²) in [5, 5.41) is 3.25. The number of hydrogen-bond donors (Lipinski definition) is 1. The lowest BCUT2D eigenvalue weighted by molar-refractivity contribution is 0.0820. The molecule has 0 saturated carbocycles. The van der Waals surface area contributed by atoms with Gasteiger partial charge >= 0.3 is 0 Å². The molecule has 0 atom stereocenters. The van der Waals surface area contributed by atoms with Crippen molar-refractivity contribution in [3.8, 4) is 0 Å². The summed E-state index contributed by atoms with van der Waals surface area (Å²) >= 11 is 6.00. The van der Waals surface area contributed by atoms with Gasteiger partial charge in [-0.3, -0.25) is 9.78 Å². The molecule has 5 heteroatoms. The Kier molecular flexibility index (Phi) is 4.48. The van der Waals surface area contributed by atoms with Crippen molar-refractivity contribution in [2.45, 2.75) is 26.3 Å². The molecule has 1 rings (SSSR count). The predicted molar refractivity (Wildman–Crippen MR) is 67.4 cm³/mol. The fourth-order valence-corrected chi connectivity index (χ4v) is 1.76. The number of nitrogens with zero attached hydrogens (tertiary/aromatic N) is 1. The Labute approximate surface area is 106 Å². The highest BCUT2D eigenvalue weighted by atomic mass is 35.5. The molecule has 0 bridgehead atoms. The van der Waals surface area contributed by atoms with E-state index in [-0.39, 0.29) is 5.91 Å². The SMILES string of the molecule is COCC(C)(C)NC(=O)c1cnc(C)cc1Cl. The topological polar surface area (TPSA) is 51.2 Å². The summed E-state index contributed by atoms with van der Waals surface area (Å²) in [4.78, 5) is 16.0. The maximum Gasteiger partial charge on any atom is 0.254 e. The summed E-state index contributed by atoms with van der Waals surface area (Å²) in [5.41, 5.74) is 0.712. The second kappa shape index (κ2) is 5.47. The van der Waals surface area contributed by atoms with Crippen molar-refractivity contribution >= 4 is 17.5 Å². The van der Waals surface area contributed by atoms with Crippen LogP contribution in [0.3, 0.4) is 0 Å². The summed E-state index contributed by atoms with van der Waals surface area (Å²) in [5.74, 6) is -0.246. The quantitative estimate of drug-likeness (QED) is 0.899. The van der Waals surface area contributed by atoms with E-state index in [2.05, 4.69) is 10.3 Å². The van der Waals surface area contributed by atoms with Gasteiger partial charge in [-0.2, -0.15) is 0 Å². The molecule has 1 amide bonds. The largest absolute Gasteiger partial charge is 0.382 e. The zero-order valence-corrected chi connectivity index (χ0v) is 11.3. The number of nitrogens with one attached hydrogen (secondary N) is 1. The van der Waals surface area contributed by atoms with E-state index in [1.54, 1.807) is 13.2 Å². The fourth-order valence-electron chi connectivity index (χ4n) is 1.47. The Morgan fingerprint density at radius 3 is 2.76 bits per heavy atom. The molecule has 0 aromatic carbocycles. The van der Waals surface area contributed by atoms with Crippen LogP contribution < -0.4 is 5.32 Å². The number of carbonyl (C=O) groups is 1. The van der Waals surface area contributed by atoms with Gasteiger partial charge in [0.1, 0.15) is 0 Å². The van der Waals surface area contributed by atoms with Crippen LogP contribution in [0, 0.1) is 6.92 Å². The van der Waals surface area contributed by atoms with Gasteiger partial charge in [-0.05, 0) is 26.8 Å². The van der Waals surface area contributed by atoms with Crippen LogP contribution in [0.15, 0.2) is 12.3 Å². The molecule has 17 heavy (non-hydrogen) atoms. The van der Waals surface area contributed by atoms with Crippen LogP contribution >= 0.6 is 11.6 Å². The molecule has 0 aliphatic carbocycles. The number of aryl methyl sites for hydroxylation is 1. The molecule has 0 aliphatic rings. The molecule has 1 aromatic rings.